The van der Waals surface area contributed by atoms with Crippen molar-refractivity contribution in [3.63, 3.8) is 0 Å². The molecule has 3 N–H and O–H groups in total. The zero-order valence-corrected chi connectivity index (χ0v) is 24.1. The van der Waals surface area contributed by atoms with E-state index in [0.29, 0.717) is 59.9 Å². The van der Waals surface area contributed by atoms with Crippen molar-refractivity contribution in [1.29, 1.82) is 0 Å². The molecule has 2 amide bonds. The first-order valence-corrected chi connectivity index (χ1v) is 14.1. The van der Waals surface area contributed by atoms with Gasteiger partial charge in [0.05, 0.1) is 17.7 Å². The highest BCUT2D eigenvalue weighted by molar-refractivity contribution is 6.33. The summed E-state index contributed by atoms with van der Waals surface area (Å²) >= 11 is 6.72. The zero-order chi connectivity index (χ0) is 28.7. The van der Waals surface area contributed by atoms with Gasteiger partial charge < -0.3 is 29.8 Å². The topological polar surface area (TPSA) is 104 Å². The normalized spacial score (nSPS) is 16.8. The zero-order valence-electron chi connectivity index (χ0n) is 23.3. The van der Waals surface area contributed by atoms with E-state index in [2.05, 4.69) is 10.6 Å². The van der Waals surface area contributed by atoms with Crippen molar-refractivity contribution in [2.75, 3.05) is 33.8 Å². The van der Waals surface area contributed by atoms with Crippen LogP contribution >= 0.6 is 11.6 Å². The lowest BCUT2D eigenvalue weighted by molar-refractivity contribution is -0.0564. The van der Waals surface area contributed by atoms with Crippen LogP contribution in [0.25, 0.3) is 11.3 Å². The Bertz CT molecular complexity index is 1310. The molecular weight excluding hydrogens is 530 g/mol. The Hall–Kier alpha value is -3.33. The third-order valence-corrected chi connectivity index (χ3v) is 7.94. The first-order chi connectivity index (χ1) is 19.3. The van der Waals surface area contributed by atoms with Gasteiger partial charge in [0.2, 0.25) is 0 Å². The second-order valence-electron chi connectivity index (χ2n) is 10.3. The number of nitrogens with one attached hydrogen (secondary N) is 2. The number of carbonyl (C=O) groups excluding carboxylic acids is 2. The molecule has 1 fully saturated rings. The molecule has 0 unspecified atom stereocenters. The summed E-state index contributed by atoms with van der Waals surface area (Å²) in [6.45, 7) is 3.93. The standard InChI is InChI=1S/C31H38ClN3O5/c1-21-10-15-27(40-21)28-25(8-4-9-26(28)32)31(38,16-6-17-34-30(37)39-3)24-7-5-18-35(20-24)29(36)23-13-11-22(12-14-23)19-33-2/h4,8-15,24,33,38H,5-7,16-20H2,1-3H3,(H,34,37)/t24-,31+/m1/s1. The van der Waals surface area contributed by atoms with Crippen molar-refractivity contribution in [2.24, 2.45) is 5.92 Å². The van der Waals surface area contributed by atoms with Crippen molar-refractivity contribution in [1.82, 2.24) is 15.5 Å². The fourth-order valence-electron chi connectivity index (χ4n) is 5.59. The Balaban J connectivity index is 1.65. The number of furan rings is 1. The molecule has 1 aliphatic heterocycles. The number of piperidine rings is 1. The molecular formula is C31H38ClN3O5. The Morgan fingerprint density at radius 3 is 2.62 bits per heavy atom. The number of likely N-dealkylation sites (tertiary alicyclic amines) is 1. The summed E-state index contributed by atoms with van der Waals surface area (Å²) in [6, 6.07) is 16.8. The number of hydrogen-bond donors (Lipinski definition) is 3. The Morgan fingerprint density at radius 2 is 1.95 bits per heavy atom. The molecule has 0 spiro atoms. The molecule has 2 heterocycles. The van der Waals surface area contributed by atoms with Gasteiger partial charge in [0, 0.05) is 43.2 Å². The van der Waals surface area contributed by atoms with Crippen LogP contribution in [0.15, 0.2) is 59.0 Å². The first-order valence-electron chi connectivity index (χ1n) is 13.7. The lowest BCUT2D eigenvalue weighted by Crippen LogP contribution is -2.48. The van der Waals surface area contributed by atoms with Crippen molar-refractivity contribution >= 4 is 23.6 Å². The second kappa shape index (κ2) is 13.4. The van der Waals surface area contributed by atoms with Gasteiger partial charge in [-0.1, -0.05) is 35.9 Å². The summed E-state index contributed by atoms with van der Waals surface area (Å²) in [6.07, 6.45) is 1.80. The Labute approximate surface area is 240 Å². The average Bonchev–Trinajstić information content (AvgIpc) is 3.40. The summed E-state index contributed by atoms with van der Waals surface area (Å²) in [5, 5.41) is 18.9. The number of amides is 2. The third-order valence-electron chi connectivity index (χ3n) is 7.62. The fourth-order valence-corrected chi connectivity index (χ4v) is 5.85. The second-order valence-corrected chi connectivity index (χ2v) is 10.7. The highest BCUT2D eigenvalue weighted by Gasteiger charge is 2.43. The van der Waals surface area contributed by atoms with Gasteiger partial charge in [-0.05, 0) is 81.1 Å². The molecule has 3 aromatic rings. The van der Waals surface area contributed by atoms with Crippen LogP contribution in [0.2, 0.25) is 5.02 Å². The predicted molar refractivity (Wildman–Crippen MR) is 155 cm³/mol. The summed E-state index contributed by atoms with van der Waals surface area (Å²) in [5.41, 5.74) is 1.69. The molecule has 2 atom stereocenters. The van der Waals surface area contributed by atoms with Gasteiger partial charge >= 0.3 is 6.09 Å². The number of methoxy groups -OCH3 is 1. The molecule has 2 aromatic carbocycles. The number of ether oxygens (including phenoxy) is 1. The molecule has 0 radical (unpaired) electrons. The molecule has 1 aromatic heterocycles. The minimum Gasteiger partial charge on any atom is -0.461 e. The van der Waals surface area contributed by atoms with Gasteiger partial charge in [0.1, 0.15) is 11.5 Å². The maximum atomic E-state index is 13.5. The van der Waals surface area contributed by atoms with Gasteiger partial charge in [-0.3, -0.25) is 4.79 Å². The number of hydrogen-bond acceptors (Lipinski definition) is 6. The highest BCUT2D eigenvalue weighted by Crippen LogP contribution is 2.46. The third kappa shape index (κ3) is 6.69. The monoisotopic (exact) mass is 567 g/mol. The van der Waals surface area contributed by atoms with E-state index < -0.39 is 11.7 Å². The van der Waals surface area contributed by atoms with Crippen LogP contribution in [-0.4, -0.2) is 55.8 Å². The van der Waals surface area contributed by atoms with Crippen LogP contribution in [-0.2, 0) is 16.9 Å². The van der Waals surface area contributed by atoms with E-state index in [1.54, 1.807) is 6.07 Å². The first kappa shape index (κ1) is 29.6. The molecule has 1 saturated heterocycles. The number of alkyl carbamates (subject to hydrolysis) is 1. The van der Waals surface area contributed by atoms with Gasteiger partial charge in [-0.25, -0.2) is 4.79 Å². The Morgan fingerprint density at radius 1 is 1.18 bits per heavy atom. The SMILES string of the molecule is CNCc1ccc(C(=O)N2CCC[C@@H]([C@@](O)(CCCNC(=O)OC)c3cccc(Cl)c3-c3ccc(C)o3)C2)cc1. The fraction of sp³-hybridized carbons (Fsp3) is 0.419. The molecule has 9 heteroatoms. The van der Waals surface area contributed by atoms with E-state index in [4.69, 9.17) is 20.8 Å². The van der Waals surface area contributed by atoms with Crippen LogP contribution in [0.4, 0.5) is 4.79 Å². The number of aryl methyl sites for hydroxylation is 1. The van der Waals surface area contributed by atoms with Crippen molar-refractivity contribution in [2.45, 2.75) is 44.8 Å². The Kier molecular flexibility index (Phi) is 9.90. The van der Waals surface area contributed by atoms with Gasteiger partial charge in [0.15, 0.2) is 0 Å². The predicted octanol–water partition coefficient (Wildman–Crippen LogP) is 5.50. The minimum atomic E-state index is -1.34. The largest absolute Gasteiger partial charge is 0.461 e. The number of nitrogens with zero attached hydrogens (tertiary/aromatic N) is 1. The van der Waals surface area contributed by atoms with E-state index >= 15 is 0 Å². The van der Waals surface area contributed by atoms with E-state index in [0.717, 1.165) is 30.7 Å². The van der Waals surface area contributed by atoms with Crippen molar-refractivity contribution < 1.29 is 23.8 Å². The van der Waals surface area contributed by atoms with E-state index in [-0.39, 0.29) is 11.8 Å². The maximum absolute atomic E-state index is 13.5. The summed E-state index contributed by atoms with van der Waals surface area (Å²) in [4.78, 5) is 27.0. The van der Waals surface area contributed by atoms with Crippen molar-refractivity contribution in [3.8, 4) is 11.3 Å². The smallest absolute Gasteiger partial charge is 0.406 e. The van der Waals surface area contributed by atoms with Gasteiger partial charge in [0.25, 0.3) is 5.91 Å². The van der Waals surface area contributed by atoms with E-state index in [9.17, 15) is 14.7 Å². The van der Waals surface area contributed by atoms with Crippen LogP contribution in [0.1, 0.15) is 52.9 Å². The molecule has 8 nitrogen and oxygen atoms in total. The number of halogens is 1. The maximum Gasteiger partial charge on any atom is 0.406 e. The number of aliphatic hydroxyl groups is 1. The number of rotatable bonds is 10. The summed E-state index contributed by atoms with van der Waals surface area (Å²) < 4.78 is 10.6. The quantitative estimate of drug-likeness (QED) is 0.279. The molecule has 1 aliphatic rings. The number of benzene rings is 2. The van der Waals surface area contributed by atoms with E-state index in [1.807, 2.05) is 67.4 Å². The number of carbonyl (C=O) groups is 2. The molecule has 0 saturated carbocycles. The lowest BCUT2D eigenvalue weighted by Gasteiger charge is -2.43. The summed E-state index contributed by atoms with van der Waals surface area (Å²) in [5.74, 6) is 1.00. The minimum absolute atomic E-state index is 0.0524. The van der Waals surface area contributed by atoms with Crippen LogP contribution in [0, 0.1) is 12.8 Å². The van der Waals surface area contributed by atoms with Crippen molar-refractivity contribution in [3.05, 3.63) is 82.1 Å². The van der Waals surface area contributed by atoms with Crippen LogP contribution < -0.4 is 10.6 Å². The van der Waals surface area contributed by atoms with Gasteiger partial charge in [-0.2, -0.15) is 0 Å². The molecule has 0 aliphatic carbocycles. The highest BCUT2D eigenvalue weighted by atomic mass is 35.5. The van der Waals surface area contributed by atoms with Crippen LogP contribution in [0.3, 0.4) is 0 Å². The van der Waals surface area contributed by atoms with Gasteiger partial charge in [-0.15, -0.1) is 0 Å². The lowest BCUT2D eigenvalue weighted by atomic mass is 9.72. The van der Waals surface area contributed by atoms with E-state index in [1.165, 1.54) is 7.11 Å². The molecule has 4 rings (SSSR count). The average molecular weight is 568 g/mol. The van der Waals surface area contributed by atoms with Crippen LogP contribution in [0.5, 0.6) is 0 Å². The summed E-state index contributed by atoms with van der Waals surface area (Å²) in [7, 11) is 3.20. The molecule has 40 heavy (non-hydrogen) atoms. The molecule has 0 bridgehead atoms. The molecule has 214 valence electrons.